The van der Waals surface area contributed by atoms with Gasteiger partial charge in [0, 0.05) is 66.2 Å². The fraction of sp³-hybridized carbons (Fsp3) is 0. The average Bonchev–Trinajstić information content (AvgIpc) is 4.10. The number of hydrogen-bond donors (Lipinski definition) is 0. The summed E-state index contributed by atoms with van der Waals surface area (Å²) in [4.78, 5) is 2.39. The molecule has 328 valence electrons. The number of rotatable bonds is 8. The van der Waals surface area contributed by atoms with Gasteiger partial charge in [-0.2, -0.15) is 0 Å². The van der Waals surface area contributed by atoms with Gasteiger partial charge in [0.2, 0.25) is 0 Å². The predicted octanol–water partition coefficient (Wildman–Crippen LogP) is 18.3. The number of fused-ring (bicyclic) bond motifs is 9. The van der Waals surface area contributed by atoms with Gasteiger partial charge in [0.25, 0.3) is 0 Å². The summed E-state index contributed by atoms with van der Waals surface area (Å²) in [6.45, 7) is 0. The van der Waals surface area contributed by atoms with Crippen LogP contribution in [-0.4, -0.2) is 9.13 Å². The van der Waals surface area contributed by atoms with Gasteiger partial charge in [-0.1, -0.05) is 170 Å². The zero-order valence-electron chi connectivity index (χ0n) is 38.1. The first-order valence-electron chi connectivity index (χ1n) is 23.9. The molecule has 0 saturated carbocycles. The van der Waals surface area contributed by atoms with Crippen molar-refractivity contribution in [3.63, 3.8) is 0 Å². The van der Waals surface area contributed by atoms with Gasteiger partial charge in [-0.15, -0.1) is 0 Å². The van der Waals surface area contributed by atoms with E-state index in [1.165, 1.54) is 54.7 Å². The van der Waals surface area contributed by atoms with E-state index >= 15 is 0 Å². The van der Waals surface area contributed by atoms with Crippen LogP contribution < -0.4 is 4.90 Å². The molecule has 0 unspecified atom stereocenters. The molecule has 0 aliphatic carbocycles. The summed E-state index contributed by atoms with van der Waals surface area (Å²) in [7, 11) is 0. The van der Waals surface area contributed by atoms with Crippen LogP contribution in [0.3, 0.4) is 0 Å². The second kappa shape index (κ2) is 16.2. The highest BCUT2D eigenvalue weighted by Crippen LogP contribution is 2.45. The lowest BCUT2D eigenvalue weighted by molar-refractivity contribution is 0.670. The maximum Gasteiger partial charge on any atom is 0.143 e. The molecule has 0 aliphatic heterocycles. The van der Waals surface area contributed by atoms with Gasteiger partial charge in [-0.3, -0.25) is 0 Å². The van der Waals surface area contributed by atoms with E-state index < -0.39 is 0 Å². The van der Waals surface area contributed by atoms with E-state index in [1.807, 2.05) is 12.1 Å². The SMILES string of the molecule is c1ccc(-c2ccc(N(c3ccc(-c4cccc5c4oc4ccccc45)cc3)c3ccc(-n4c5ccccc5c5ccccc54)c(-c4ccc5c(c4)c4ccccc4n5-c4ccccc4)c3)cc2)cc1. The Labute approximate surface area is 404 Å². The molecule has 11 aromatic carbocycles. The highest BCUT2D eigenvalue weighted by molar-refractivity contribution is 6.13. The second-order valence-corrected chi connectivity index (χ2v) is 18.1. The summed E-state index contributed by atoms with van der Waals surface area (Å²) in [6, 6.07) is 94.3. The van der Waals surface area contributed by atoms with Gasteiger partial charge < -0.3 is 18.5 Å². The molecule has 70 heavy (non-hydrogen) atoms. The van der Waals surface area contributed by atoms with Crippen molar-refractivity contribution < 1.29 is 4.42 Å². The highest BCUT2D eigenvalue weighted by atomic mass is 16.3. The molecule has 0 fully saturated rings. The Kier molecular flexibility index (Phi) is 9.17. The molecule has 0 bridgehead atoms. The number of furan rings is 1. The van der Waals surface area contributed by atoms with Crippen molar-refractivity contribution in [2.75, 3.05) is 4.90 Å². The number of aromatic nitrogens is 2. The zero-order chi connectivity index (χ0) is 46.1. The molecule has 4 heteroatoms. The minimum Gasteiger partial charge on any atom is -0.455 e. The normalized spacial score (nSPS) is 11.7. The van der Waals surface area contributed by atoms with Crippen molar-refractivity contribution in [2.45, 2.75) is 0 Å². The summed E-state index contributed by atoms with van der Waals surface area (Å²) in [5, 5.41) is 7.13. The molecule has 14 rings (SSSR count). The lowest BCUT2D eigenvalue weighted by Crippen LogP contribution is -2.11. The Morgan fingerprint density at radius 1 is 0.286 bits per heavy atom. The molecule has 3 heterocycles. The third kappa shape index (κ3) is 6.38. The van der Waals surface area contributed by atoms with Crippen LogP contribution in [0.4, 0.5) is 17.1 Å². The summed E-state index contributed by atoms with van der Waals surface area (Å²) < 4.78 is 11.4. The van der Waals surface area contributed by atoms with Crippen LogP contribution in [0.1, 0.15) is 0 Å². The van der Waals surface area contributed by atoms with Crippen molar-refractivity contribution in [3.8, 4) is 44.8 Å². The number of benzene rings is 11. The van der Waals surface area contributed by atoms with Crippen molar-refractivity contribution >= 4 is 82.6 Å². The number of para-hydroxylation sites is 6. The predicted molar refractivity (Wildman–Crippen MR) is 293 cm³/mol. The summed E-state index contributed by atoms with van der Waals surface area (Å²) in [6.07, 6.45) is 0. The van der Waals surface area contributed by atoms with E-state index in [-0.39, 0.29) is 0 Å². The Hall–Kier alpha value is -9.38. The van der Waals surface area contributed by atoms with E-state index in [9.17, 15) is 0 Å². The number of hydrogen-bond acceptors (Lipinski definition) is 2. The summed E-state index contributed by atoms with van der Waals surface area (Å²) in [5.41, 5.74) is 18.7. The quantitative estimate of drug-likeness (QED) is 0.152. The molecule has 0 aliphatic rings. The molecule has 0 saturated heterocycles. The van der Waals surface area contributed by atoms with Crippen LogP contribution in [0.5, 0.6) is 0 Å². The largest absolute Gasteiger partial charge is 0.455 e. The van der Waals surface area contributed by atoms with Crippen LogP contribution in [0.15, 0.2) is 265 Å². The van der Waals surface area contributed by atoms with Crippen molar-refractivity contribution in [1.82, 2.24) is 9.13 Å². The van der Waals surface area contributed by atoms with E-state index in [4.69, 9.17) is 4.42 Å². The molecule has 0 spiro atoms. The van der Waals surface area contributed by atoms with E-state index in [0.29, 0.717) is 0 Å². The first kappa shape index (κ1) is 39.8. The first-order chi connectivity index (χ1) is 34.7. The lowest BCUT2D eigenvalue weighted by Gasteiger charge is -2.27. The smallest absolute Gasteiger partial charge is 0.143 e. The Morgan fingerprint density at radius 2 is 0.786 bits per heavy atom. The van der Waals surface area contributed by atoms with Crippen LogP contribution in [0.25, 0.3) is 110 Å². The topological polar surface area (TPSA) is 26.2 Å². The third-order valence-corrected chi connectivity index (χ3v) is 14.1. The highest BCUT2D eigenvalue weighted by Gasteiger charge is 2.22. The summed E-state index contributed by atoms with van der Waals surface area (Å²) >= 11 is 0. The molecular weight excluding hydrogens is 851 g/mol. The summed E-state index contributed by atoms with van der Waals surface area (Å²) in [5.74, 6) is 0. The van der Waals surface area contributed by atoms with Crippen LogP contribution in [0.2, 0.25) is 0 Å². The molecule has 0 amide bonds. The molecule has 14 aromatic rings. The van der Waals surface area contributed by atoms with E-state index in [0.717, 1.165) is 72.6 Å². The molecular formula is C66H43N3O. The van der Waals surface area contributed by atoms with Crippen LogP contribution >= 0.6 is 0 Å². The third-order valence-electron chi connectivity index (χ3n) is 14.1. The van der Waals surface area contributed by atoms with Crippen LogP contribution in [0, 0.1) is 0 Å². The van der Waals surface area contributed by atoms with Crippen molar-refractivity contribution in [3.05, 3.63) is 261 Å². The van der Waals surface area contributed by atoms with Gasteiger partial charge in [-0.05, 0) is 113 Å². The first-order valence-corrected chi connectivity index (χ1v) is 23.9. The van der Waals surface area contributed by atoms with E-state index in [1.54, 1.807) is 0 Å². The van der Waals surface area contributed by atoms with Crippen LogP contribution in [-0.2, 0) is 0 Å². The van der Waals surface area contributed by atoms with Gasteiger partial charge in [0.1, 0.15) is 11.2 Å². The monoisotopic (exact) mass is 893 g/mol. The zero-order valence-corrected chi connectivity index (χ0v) is 38.1. The molecule has 0 atom stereocenters. The number of anilines is 3. The fourth-order valence-corrected chi connectivity index (χ4v) is 10.9. The van der Waals surface area contributed by atoms with E-state index in [2.05, 4.69) is 263 Å². The maximum absolute atomic E-state index is 6.51. The minimum atomic E-state index is 0.896. The Bertz CT molecular complexity index is 4220. The Balaban J connectivity index is 0.989. The van der Waals surface area contributed by atoms with Crippen molar-refractivity contribution in [1.29, 1.82) is 0 Å². The number of nitrogens with zero attached hydrogens (tertiary/aromatic N) is 3. The van der Waals surface area contributed by atoms with Crippen molar-refractivity contribution in [2.24, 2.45) is 0 Å². The fourth-order valence-electron chi connectivity index (χ4n) is 10.9. The van der Waals surface area contributed by atoms with Gasteiger partial charge in [-0.25, -0.2) is 0 Å². The second-order valence-electron chi connectivity index (χ2n) is 18.1. The standard InChI is InChI=1S/C66H43N3O/c1-3-16-44(17-4-1)45-30-35-49(36-31-45)67(50-37-32-46(33-38-50)52-24-15-25-57-56-23-10-14-29-65(56)70-66(52)57)51-39-41-63(69-61-27-12-7-20-53(61)54-21-8-13-28-62(54)69)58(43-51)47-34-40-64-59(42-47)55-22-9-11-26-60(55)68(64)48-18-5-2-6-19-48/h1-43H. The molecule has 4 nitrogen and oxygen atoms in total. The molecule has 0 radical (unpaired) electrons. The molecule has 0 N–H and O–H groups in total. The van der Waals surface area contributed by atoms with Gasteiger partial charge in [0.15, 0.2) is 0 Å². The van der Waals surface area contributed by atoms with Gasteiger partial charge >= 0.3 is 0 Å². The lowest BCUT2D eigenvalue weighted by atomic mass is 9.98. The molecule has 3 aromatic heterocycles. The van der Waals surface area contributed by atoms with Gasteiger partial charge in [0.05, 0.1) is 27.8 Å². The minimum absolute atomic E-state index is 0.896. The average molecular weight is 894 g/mol. The Morgan fingerprint density at radius 3 is 1.47 bits per heavy atom. The maximum atomic E-state index is 6.51.